The van der Waals surface area contributed by atoms with E-state index in [1.807, 2.05) is 6.07 Å². The van der Waals surface area contributed by atoms with Gasteiger partial charge in [0.05, 0.1) is 11.4 Å². The topological polar surface area (TPSA) is 16.4 Å². The van der Waals surface area contributed by atoms with Gasteiger partial charge in [0, 0.05) is 27.8 Å². The quantitative estimate of drug-likeness (QED) is 0.156. The molecule has 9 aromatic carbocycles. The Hall–Kier alpha value is -7.42. The van der Waals surface area contributed by atoms with E-state index in [0.717, 1.165) is 61.6 Å². The SMILES string of the molecule is c1ccc(-c2ccc(-c3ccccc3N(c3ccc(-c4ccc5ccccc5c4)cc3)c3ccccc3-c3oc4ccccc4c3-c3ccccc3)cc2)cc1. The van der Waals surface area contributed by atoms with E-state index < -0.39 is 0 Å². The van der Waals surface area contributed by atoms with Gasteiger partial charge in [0.15, 0.2) is 0 Å². The van der Waals surface area contributed by atoms with Gasteiger partial charge in [0.2, 0.25) is 0 Å². The highest BCUT2D eigenvalue weighted by Crippen LogP contribution is 2.49. The lowest BCUT2D eigenvalue weighted by atomic mass is 9.95. The summed E-state index contributed by atoms with van der Waals surface area (Å²) in [6.07, 6.45) is 0. The number of para-hydroxylation sites is 3. The summed E-state index contributed by atoms with van der Waals surface area (Å²) < 4.78 is 6.86. The van der Waals surface area contributed by atoms with Crippen LogP contribution in [0.3, 0.4) is 0 Å². The normalized spacial score (nSPS) is 11.2. The Labute approximate surface area is 327 Å². The van der Waals surface area contributed by atoms with Crippen LogP contribution in [0.25, 0.3) is 77.6 Å². The monoisotopic (exact) mass is 715 g/mol. The van der Waals surface area contributed by atoms with Crippen molar-refractivity contribution in [2.24, 2.45) is 0 Å². The molecule has 0 radical (unpaired) electrons. The first kappa shape index (κ1) is 33.2. The third kappa shape index (κ3) is 6.14. The van der Waals surface area contributed by atoms with Crippen LogP contribution in [0.1, 0.15) is 0 Å². The highest BCUT2D eigenvalue weighted by Gasteiger charge is 2.25. The fourth-order valence-electron chi connectivity index (χ4n) is 7.95. The van der Waals surface area contributed by atoms with Crippen molar-refractivity contribution in [1.29, 1.82) is 0 Å². The molecule has 2 nitrogen and oxygen atoms in total. The molecule has 1 aromatic heterocycles. The Morgan fingerprint density at radius 1 is 0.321 bits per heavy atom. The Morgan fingerprint density at radius 2 is 0.821 bits per heavy atom. The number of fused-ring (bicyclic) bond motifs is 2. The molecule has 0 aliphatic carbocycles. The Morgan fingerprint density at radius 3 is 1.57 bits per heavy atom. The third-order valence-corrected chi connectivity index (χ3v) is 10.7. The molecule has 0 saturated heterocycles. The summed E-state index contributed by atoms with van der Waals surface area (Å²) in [5.74, 6) is 0.843. The molecule has 0 aliphatic rings. The maximum absolute atomic E-state index is 6.86. The summed E-state index contributed by atoms with van der Waals surface area (Å²) in [6, 6.07) is 79.9. The summed E-state index contributed by atoms with van der Waals surface area (Å²) in [6.45, 7) is 0. The largest absolute Gasteiger partial charge is 0.455 e. The maximum atomic E-state index is 6.86. The predicted molar refractivity (Wildman–Crippen MR) is 236 cm³/mol. The molecule has 0 amide bonds. The van der Waals surface area contributed by atoms with E-state index in [1.165, 1.54) is 33.0 Å². The lowest BCUT2D eigenvalue weighted by Gasteiger charge is -2.30. The van der Waals surface area contributed by atoms with Gasteiger partial charge < -0.3 is 9.32 Å². The van der Waals surface area contributed by atoms with Crippen molar-refractivity contribution in [3.05, 3.63) is 224 Å². The molecule has 1 heterocycles. The number of furan rings is 1. The van der Waals surface area contributed by atoms with Crippen LogP contribution in [0, 0.1) is 0 Å². The first-order chi connectivity index (χ1) is 27.8. The number of benzene rings is 9. The average molecular weight is 716 g/mol. The average Bonchev–Trinajstić information content (AvgIpc) is 3.67. The van der Waals surface area contributed by atoms with Crippen LogP contribution >= 0.6 is 0 Å². The number of rotatable bonds is 8. The van der Waals surface area contributed by atoms with E-state index >= 15 is 0 Å². The van der Waals surface area contributed by atoms with Gasteiger partial charge in [-0.1, -0.05) is 182 Å². The van der Waals surface area contributed by atoms with E-state index in [4.69, 9.17) is 4.42 Å². The summed E-state index contributed by atoms with van der Waals surface area (Å²) in [7, 11) is 0. The lowest BCUT2D eigenvalue weighted by Crippen LogP contribution is -2.12. The summed E-state index contributed by atoms with van der Waals surface area (Å²) in [5.41, 5.74) is 14.3. The molecule has 264 valence electrons. The number of hydrogen-bond acceptors (Lipinski definition) is 2. The first-order valence-corrected chi connectivity index (χ1v) is 19.1. The van der Waals surface area contributed by atoms with Crippen molar-refractivity contribution in [1.82, 2.24) is 0 Å². The smallest absolute Gasteiger partial charge is 0.145 e. The van der Waals surface area contributed by atoms with Gasteiger partial charge in [-0.15, -0.1) is 0 Å². The molecule has 10 rings (SSSR count). The molecular formula is C54H37NO. The van der Waals surface area contributed by atoms with Crippen molar-refractivity contribution in [3.8, 4) is 55.8 Å². The second-order valence-corrected chi connectivity index (χ2v) is 14.1. The van der Waals surface area contributed by atoms with Crippen LogP contribution in [0.2, 0.25) is 0 Å². The molecular weight excluding hydrogens is 679 g/mol. The second-order valence-electron chi connectivity index (χ2n) is 14.1. The van der Waals surface area contributed by atoms with E-state index in [1.54, 1.807) is 0 Å². The van der Waals surface area contributed by atoms with Crippen LogP contribution in [0.5, 0.6) is 0 Å². The highest BCUT2D eigenvalue weighted by atomic mass is 16.3. The van der Waals surface area contributed by atoms with Gasteiger partial charge >= 0.3 is 0 Å². The number of anilines is 3. The fraction of sp³-hybridized carbons (Fsp3) is 0. The summed E-state index contributed by atoms with van der Waals surface area (Å²) >= 11 is 0. The predicted octanol–water partition coefficient (Wildman–Crippen LogP) is 15.4. The molecule has 0 atom stereocenters. The Kier molecular flexibility index (Phi) is 8.55. The van der Waals surface area contributed by atoms with Gasteiger partial charge in [0.25, 0.3) is 0 Å². The molecule has 10 aromatic rings. The standard InChI is InChI=1S/C54H37NO/c1-3-15-38(16-4-1)40-27-30-42(31-28-40)47-21-9-12-24-50(47)55(46-35-33-41(34-36-46)45-32-29-39-17-7-8-20-44(39)37-45)51-25-13-10-22-48(51)54-53(43-18-5-2-6-19-43)49-23-11-14-26-52(49)56-54/h1-37H. The molecule has 0 bridgehead atoms. The zero-order valence-electron chi connectivity index (χ0n) is 30.7. The maximum Gasteiger partial charge on any atom is 0.145 e. The van der Waals surface area contributed by atoms with Gasteiger partial charge in [-0.2, -0.15) is 0 Å². The molecule has 0 fully saturated rings. The van der Waals surface area contributed by atoms with E-state index in [2.05, 4.69) is 223 Å². The molecule has 0 N–H and O–H groups in total. The van der Waals surface area contributed by atoms with Crippen LogP contribution < -0.4 is 4.90 Å². The van der Waals surface area contributed by atoms with Crippen molar-refractivity contribution in [2.45, 2.75) is 0 Å². The minimum absolute atomic E-state index is 0.843. The van der Waals surface area contributed by atoms with Crippen LogP contribution in [0.15, 0.2) is 229 Å². The van der Waals surface area contributed by atoms with Gasteiger partial charge in [-0.25, -0.2) is 0 Å². The summed E-state index contributed by atoms with van der Waals surface area (Å²) in [4.78, 5) is 2.39. The summed E-state index contributed by atoms with van der Waals surface area (Å²) in [5, 5.41) is 3.56. The van der Waals surface area contributed by atoms with Crippen LogP contribution in [0.4, 0.5) is 17.1 Å². The zero-order valence-corrected chi connectivity index (χ0v) is 30.7. The Balaban J connectivity index is 1.16. The van der Waals surface area contributed by atoms with Crippen molar-refractivity contribution in [2.75, 3.05) is 4.90 Å². The third-order valence-electron chi connectivity index (χ3n) is 10.7. The lowest BCUT2D eigenvalue weighted by molar-refractivity contribution is 0.632. The number of nitrogens with zero attached hydrogens (tertiary/aromatic N) is 1. The number of hydrogen-bond donors (Lipinski definition) is 0. The van der Waals surface area contributed by atoms with E-state index in [9.17, 15) is 0 Å². The first-order valence-electron chi connectivity index (χ1n) is 19.1. The zero-order chi connectivity index (χ0) is 37.3. The van der Waals surface area contributed by atoms with Crippen molar-refractivity contribution >= 4 is 38.8 Å². The minimum Gasteiger partial charge on any atom is -0.455 e. The van der Waals surface area contributed by atoms with Crippen molar-refractivity contribution < 1.29 is 4.42 Å². The van der Waals surface area contributed by atoms with Gasteiger partial charge in [0.1, 0.15) is 11.3 Å². The van der Waals surface area contributed by atoms with E-state index in [0.29, 0.717) is 0 Å². The van der Waals surface area contributed by atoms with Gasteiger partial charge in [-0.05, 0) is 86.6 Å². The van der Waals surface area contributed by atoms with E-state index in [-0.39, 0.29) is 0 Å². The fourth-order valence-corrected chi connectivity index (χ4v) is 7.95. The highest BCUT2D eigenvalue weighted by molar-refractivity contribution is 6.05. The molecule has 56 heavy (non-hydrogen) atoms. The van der Waals surface area contributed by atoms with Crippen LogP contribution in [-0.4, -0.2) is 0 Å². The van der Waals surface area contributed by atoms with Crippen LogP contribution in [-0.2, 0) is 0 Å². The molecule has 0 unspecified atom stereocenters. The Bertz CT molecular complexity index is 2940. The molecule has 0 spiro atoms. The minimum atomic E-state index is 0.843. The molecule has 0 aliphatic heterocycles. The van der Waals surface area contributed by atoms with Crippen molar-refractivity contribution in [3.63, 3.8) is 0 Å². The molecule has 2 heteroatoms. The second kappa shape index (κ2) is 14.4. The van der Waals surface area contributed by atoms with Gasteiger partial charge in [-0.3, -0.25) is 0 Å². The molecule has 0 saturated carbocycles.